The van der Waals surface area contributed by atoms with E-state index >= 15 is 0 Å². The number of hydrogen-bond donors (Lipinski definition) is 0. The molecule has 9 aliphatic carbocycles. The SMILES string of the molecule is CC(C)(C)C1C=CC(N(C2=CCC(C(C)(C)C)CC2)C2=CC3=C4B(C5=C6C(CC(C7=CC=CCC7)=C5)C5(CCCCC5)C(C)(C)N6C4C2)C2CC(C4CC=CCC4)=CC4C2N3C(C)(C)C42CCCCC2)CC1. The summed E-state index contributed by atoms with van der Waals surface area (Å²) in [6, 6.07) is 1.35. The van der Waals surface area contributed by atoms with Gasteiger partial charge in [-0.2, -0.15) is 0 Å². The van der Waals surface area contributed by atoms with Gasteiger partial charge in [0, 0.05) is 69.0 Å². The van der Waals surface area contributed by atoms with Crippen LogP contribution in [-0.4, -0.2) is 50.6 Å². The van der Waals surface area contributed by atoms with Gasteiger partial charge < -0.3 is 14.7 Å². The van der Waals surface area contributed by atoms with Crippen molar-refractivity contribution < 1.29 is 0 Å². The molecule has 0 aromatic rings. The predicted molar refractivity (Wildman–Crippen MR) is 304 cm³/mol. The highest BCUT2D eigenvalue weighted by Crippen LogP contribution is 2.73. The van der Waals surface area contributed by atoms with E-state index in [1.54, 1.807) is 28.2 Å². The molecule has 2 spiro atoms. The van der Waals surface area contributed by atoms with E-state index in [0.29, 0.717) is 76.0 Å². The summed E-state index contributed by atoms with van der Waals surface area (Å²) in [4.78, 5) is 9.60. The molecule has 3 nitrogen and oxygen atoms in total. The Morgan fingerprint density at radius 2 is 1.42 bits per heavy atom. The van der Waals surface area contributed by atoms with Crippen LogP contribution < -0.4 is 0 Å². The maximum Gasteiger partial charge on any atom is 0.217 e. The molecule has 4 aliphatic heterocycles. The number of nitrogens with zero attached hydrogens (tertiary/aromatic N) is 3. The largest absolute Gasteiger partial charge is 0.363 e. The van der Waals surface area contributed by atoms with Crippen LogP contribution in [0.2, 0.25) is 5.82 Å². The number of fused-ring (bicyclic) bond motifs is 6. The van der Waals surface area contributed by atoms with Crippen molar-refractivity contribution in [1.82, 2.24) is 14.7 Å². The molecule has 0 aromatic carbocycles. The molecule has 9 unspecified atom stereocenters. The van der Waals surface area contributed by atoms with Crippen LogP contribution in [0.3, 0.4) is 0 Å². The summed E-state index contributed by atoms with van der Waals surface area (Å²) in [5.41, 5.74) is 17.1. The van der Waals surface area contributed by atoms with Crippen molar-refractivity contribution >= 4 is 6.71 Å². The molecule has 0 N–H and O–H groups in total. The van der Waals surface area contributed by atoms with E-state index in [1.807, 2.05) is 22.2 Å². The van der Waals surface area contributed by atoms with Gasteiger partial charge in [0.2, 0.25) is 6.71 Å². The van der Waals surface area contributed by atoms with Crippen molar-refractivity contribution in [2.45, 2.75) is 252 Å². The minimum absolute atomic E-state index is 0.0604. The summed E-state index contributed by atoms with van der Waals surface area (Å²) in [5, 5.41) is 0. The standard InChI is InChI=1S/C68H96BN3/c1-63(2,3)49-27-31-51(32-28-49)70(52-33-29-50(30-34-52)64(4,5)6)53-43-58-60-59(44-53)72-62-55(68(66(72,9)10)37-21-14-22-38-68)40-48(46-25-17-12-18-26-46)42-57(62)69(60)56-41-47(45-23-15-11-16-24-45)39-54-61(56)71(58)65(7,8)67(54)35-19-13-20-36-67/h11-12,15,17,23,27,31,33,40-41,44,46,49-51,54-55,57-58,62H,13-14,16,18-22,24-26,28-30,32,34-39,42-43H2,1-10H3. The van der Waals surface area contributed by atoms with Crippen molar-refractivity contribution in [2.24, 2.45) is 51.2 Å². The van der Waals surface area contributed by atoms with E-state index in [0.717, 1.165) is 12.3 Å². The lowest BCUT2D eigenvalue weighted by molar-refractivity contribution is 0.00404. The molecule has 386 valence electrons. The van der Waals surface area contributed by atoms with Gasteiger partial charge in [-0.1, -0.05) is 157 Å². The third-order valence-corrected chi connectivity index (χ3v) is 24.3. The zero-order valence-electron chi connectivity index (χ0n) is 47.2. The maximum atomic E-state index is 3.28. The molecule has 13 aliphatic rings. The molecule has 0 bridgehead atoms. The van der Waals surface area contributed by atoms with Crippen molar-refractivity contribution in [3.05, 3.63) is 117 Å². The Morgan fingerprint density at radius 1 is 0.667 bits per heavy atom. The van der Waals surface area contributed by atoms with Crippen molar-refractivity contribution in [3.8, 4) is 0 Å². The van der Waals surface area contributed by atoms with Gasteiger partial charge in [0.1, 0.15) is 0 Å². The summed E-state index contributed by atoms with van der Waals surface area (Å²) in [6.07, 6.45) is 59.7. The molecule has 0 amide bonds. The first-order valence-corrected chi connectivity index (χ1v) is 30.8. The quantitative estimate of drug-likeness (QED) is 0.201. The first-order valence-electron chi connectivity index (χ1n) is 30.8. The molecule has 9 atom stereocenters. The van der Waals surface area contributed by atoms with Crippen molar-refractivity contribution in [1.29, 1.82) is 0 Å². The van der Waals surface area contributed by atoms with Crippen LogP contribution in [-0.2, 0) is 0 Å². The lowest BCUT2D eigenvalue weighted by Crippen LogP contribution is -2.63. The summed E-state index contributed by atoms with van der Waals surface area (Å²) in [5.74, 6) is 3.93. The highest BCUT2D eigenvalue weighted by molar-refractivity contribution is 6.77. The molecule has 4 heteroatoms. The van der Waals surface area contributed by atoms with E-state index < -0.39 is 0 Å². The van der Waals surface area contributed by atoms with Gasteiger partial charge in [-0.25, -0.2) is 0 Å². The predicted octanol–water partition coefficient (Wildman–Crippen LogP) is 17.5. The lowest BCUT2D eigenvalue weighted by Gasteiger charge is -2.60. The van der Waals surface area contributed by atoms with Crippen LogP contribution in [0.1, 0.15) is 217 Å². The Kier molecular flexibility index (Phi) is 11.6. The third kappa shape index (κ3) is 7.05. The second kappa shape index (κ2) is 17.2. The second-order valence-electron chi connectivity index (χ2n) is 29.9. The maximum absolute atomic E-state index is 3.28. The highest BCUT2D eigenvalue weighted by atomic mass is 15.3. The minimum Gasteiger partial charge on any atom is -0.363 e. The molecular weight excluding hydrogens is 870 g/mol. The fourth-order valence-corrected chi connectivity index (χ4v) is 20.4. The van der Waals surface area contributed by atoms with Crippen LogP contribution in [0.4, 0.5) is 0 Å². The third-order valence-electron chi connectivity index (χ3n) is 24.3. The van der Waals surface area contributed by atoms with Gasteiger partial charge in [0.05, 0.1) is 12.1 Å². The number of rotatable bonds is 5. The summed E-state index contributed by atoms with van der Waals surface area (Å²) < 4.78 is 0. The molecule has 2 saturated heterocycles. The van der Waals surface area contributed by atoms with E-state index in [-0.39, 0.29) is 11.1 Å². The zero-order chi connectivity index (χ0) is 49.7. The molecular formula is C68H96BN3. The summed E-state index contributed by atoms with van der Waals surface area (Å²) >= 11 is 0. The second-order valence-corrected chi connectivity index (χ2v) is 29.9. The van der Waals surface area contributed by atoms with Gasteiger partial charge in [-0.3, -0.25) is 0 Å². The van der Waals surface area contributed by atoms with Crippen LogP contribution in [0, 0.1) is 51.2 Å². The molecule has 0 radical (unpaired) electrons. The minimum atomic E-state index is 0.0604. The molecule has 0 aromatic heterocycles. The summed E-state index contributed by atoms with van der Waals surface area (Å²) in [7, 11) is 0. The Labute approximate surface area is 439 Å². The highest BCUT2D eigenvalue weighted by Gasteiger charge is 2.72. The molecule has 4 heterocycles. The zero-order valence-corrected chi connectivity index (χ0v) is 47.2. The van der Waals surface area contributed by atoms with E-state index in [9.17, 15) is 0 Å². The van der Waals surface area contributed by atoms with Gasteiger partial charge in [0.15, 0.2) is 0 Å². The Balaban J connectivity index is 1.06. The van der Waals surface area contributed by atoms with Gasteiger partial charge >= 0.3 is 0 Å². The first-order chi connectivity index (χ1) is 34.4. The van der Waals surface area contributed by atoms with Crippen LogP contribution >= 0.6 is 0 Å². The fourth-order valence-electron chi connectivity index (χ4n) is 20.4. The average Bonchev–Trinajstić information content (AvgIpc) is 3.68. The van der Waals surface area contributed by atoms with Crippen molar-refractivity contribution in [2.75, 3.05) is 0 Å². The Hall–Kier alpha value is -3.14. The topological polar surface area (TPSA) is 9.72 Å². The molecule has 4 fully saturated rings. The van der Waals surface area contributed by atoms with E-state index in [1.165, 1.54) is 141 Å². The lowest BCUT2D eigenvalue weighted by atomic mass is 9.25. The number of allylic oxidation sites excluding steroid dienone is 15. The van der Waals surface area contributed by atoms with Gasteiger partial charge in [-0.15, -0.1) is 0 Å². The van der Waals surface area contributed by atoms with E-state index in [2.05, 4.69) is 151 Å². The molecule has 2 saturated carbocycles. The van der Waals surface area contributed by atoms with Crippen LogP contribution in [0.25, 0.3) is 0 Å². The van der Waals surface area contributed by atoms with Crippen LogP contribution in [0.15, 0.2) is 117 Å². The Bertz CT molecular complexity index is 2530. The smallest absolute Gasteiger partial charge is 0.217 e. The fraction of sp³-hybridized carbons (Fsp3) is 0.706. The van der Waals surface area contributed by atoms with E-state index in [4.69, 9.17) is 0 Å². The molecule has 72 heavy (non-hydrogen) atoms. The average molecular weight is 966 g/mol. The molecule has 13 rings (SSSR count). The monoisotopic (exact) mass is 966 g/mol. The van der Waals surface area contributed by atoms with Crippen molar-refractivity contribution in [3.63, 3.8) is 0 Å². The van der Waals surface area contributed by atoms with Gasteiger partial charge in [-0.05, 0) is 182 Å². The van der Waals surface area contributed by atoms with Crippen LogP contribution in [0.5, 0.6) is 0 Å². The van der Waals surface area contributed by atoms with Gasteiger partial charge in [0.25, 0.3) is 0 Å². The number of hydrogen-bond acceptors (Lipinski definition) is 3. The summed E-state index contributed by atoms with van der Waals surface area (Å²) in [6.45, 7) is 26.6. The first kappa shape index (κ1) is 48.5. The Morgan fingerprint density at radius 3 is 2.06 bits per heavy atom. The normalized spacial score (nSPS) is 36.9.